The number of piperidine rings is 1. The third-order valence-corrected chi connectivity index (χ3v) is 7.07. The topological polar surface area (TPSA) is 70.8 Å². The van der Waals surface area contributed by atoms with E-state index in [0.717, 1.165) is 83.1 Å². The van der Waals surface area contributed by atoms with Crippen molar-refractivity contribution in [2.75, 3.05) is 58.7 Å². The van der Waals surface area contributed by atoms with E-state index in [2.05, 4.69) is 55.5 Å². The summed E-state index contributed by atoms with van der Waals surface area (Å²) in [6.45, 7) is 9.76. The summed E-state index contributed by atoms with van der Waals surface area (Å²) in [5, 5.41) is 9.27. The summed E-state index contributed by atoms with van der Waals surface area (Å²) < 4.78 is 7.45. The molecule has 8 nitrogen and oxygen atoms in total. The van der Waals surface area contributed by atoms with Gasteiger partial charge in [0.25, 0.3) is 0 Å². The van der Waals surface area contributed by atoms with Crippen LogP contribution >= 0.6 is 11.8 Å². The van der Waals surface area contributed by atoms with Crippen molar-refractivity contribution in [1.82, 2.24) is 29.9 Å². The molecule has 0 spiro atoms. The third-order valence-electron chi connectivity index (χ3n) is 6.53. The fourth-order valence-electron chi connectivity index (χ4n) is 4.91. The van der Waals surface area contributed by atoms with Gasteiger partial charge in [0.05, 0.1) is 25.8 Å². The summed E-state index contributed by atoms with van der Waals surface area (Å²) >= 11 is 1.58. The smallest absolute Gasteiger partial charge is 0.248 e. The lowest BCUT2D eigenvalue weighted by molar-refractivity contribution is 0.0373. The minimum Gasteiger partial charge on any atom is -0.379 e. The number of hydrogen-bond donors (Lipinski definition) is 1. The molecule has 9 heteroatoms. The van der Waals surface area contributed by atoms with Gasteiger partial charge in [-0.05, 0) is 31.3 Å². The predicted molar refractivity (Wildman–Crippen MR) is 128 cm³/mol. The number of rotatable bonds is 8. The Bertz CT molecular complexity index is 912. The third kappa shape index (κ3) is 5.23. The highest BCUT2D eigenvalue weighted by atomic mass is 32.2. The normalized spacial score (nSPS) is 24.1. The number of likely N-dealkylation sites (tertiary alicyclic amines) is 1. The van der Waals surface area contributed by atoms with Crippen molar-refractivity contribution in [3.8, 4) is 0 Å². The van der Waals surface area contributed by atoms with E-state index in [1.165, 1.54) is 11.3 Å². The summed E-state index contributed by atoms with van der Waals surface area (Å²) in [7, 11) is 0. The van der Waals surface area contributed by atoms with Crippen LogP contribution in [0, 0.1) is 5.92 Å². The van der Waals surface area contributed by atoms with Crippen LogP contribution in [0.2, 0.25) is 0 Å². The molecule has 0 bridgehead atoms. The van der Waals surface area contributed by atoms with Crippen LogP contribution in [0.5, 0.6) is 0 Å². The molecule has 32 heavy (non-hydrogen) atoms. The molecular formula is C23H33N7OS. The number of nitrogens with zero attached hydrogens (tertiary/aromatic N) is 6. The van der Waals surface area contributed by atoms with Crippen molar-refractivity contribution in [3.05, 3.63) is 35.9 Å². The van der Waals surface area contributed by atoms with E-state index < -0.39 is 0 Å². The average Bonchev–Trinajstić information content (AvgIpc) is 3.24. The summed E-state index contributed by atoms with van der Waals surface area (Å²) in [5.74, 6) is 1.13. The molecule has 0 radical (unpaired) electrons. The molecule has 1 N–H and O–H groups in total. The van der Waals surface area contributed by atoms with Gasteiger partial charge in [-0.25, -0.2) is 9.67 Å². The van der Waals surface area contributed by atoms with E-state index in [1.807, 2.05) is 10.9 Å². The van der Waals surface area contributed by atoms with Crippen LogP contribution in [0.15, 0.2) is 40.5 Å². The quantitative estimate of drug-likeness (QED) is 0.482. The van der Waals surface area contributed by atoms with E-state index in [9.17, 15) is 0 Å². The lowest BCUT2D eigenvalue weighted by atomic mass is 9.90. The van der Waals surface area contributed by atoms with Crippen LogP contribution in [-0.2, 0) is 17.8 Å². The zero-order valence-electron chi connectivity index (χ0n) is 18.8. The number of ether oxygens (including phenoxy) is 1. The van der Waals surface area contributed by atoms with E-state index >= 15 is 0 Å². The van der Waals surface area contributed by atoms with Gasteiger partial charge in [0, 0.05) is 44.4 Å². The monoisotopic (exact) mass is 455 g/mol. The Kier molecular flexibility index (Phi) is 7.19. The molecule has 2 unspecified atom stereocenters. The Balaban J connectivity index is 1.27. The molecule has 2 fully saturated rings. The maximum atomic E-state index is 5.47. The molecule has 4 heterocycles. The molecule has 2 aromatic rings. The molecule has 0 amide bonds. The molecule has 5 rings (SSSR count). The predicted octanol–water partition coefficient (Wildman–Crippen LogP) is 1.90. The van der Waals surface area contributed by atoms with E-state index in [0.29, 0.717) is 5.92 Å². The zero-order chi connectivity index (χ0) is 21.8. The number of aromatic nitrogens is 3. The highest BCUT2D eigenvalue weighted by Crippen LogP contribution is 2.28. The lowest BCUT2D eigenvalue weighted by Gasteiger charge is -2.41. The van der Waals surface area contributed by atoms with Gasteiger partial charge in [-0.15, -0.1) is 5.10 Å². The van der Waals surface area contributed by atoms with Crippen LogP contribution in [0.3, 0.4) is 0 Å². The fourth-order valence-corrected chi connectivity index (χ4v) is 5.26. The van der Waals surface area contributed by atoms with E-state index in [-0.39, 0.29) is 6.04 Å². The number of benzene rings is 1. The Hall–Kier alpha value is -1.78. The minimum atomic E-state index is 0.255. The number of morpholine rings is 1. The molecule has 1 aromatic carbocycles. The van der Waals surface area contributed by atoms with Gasteiger partial charge in [-0.1, -0.05) is 42.1 Å². The number of aliphatic imine (C=N–C) groups is 1. The van der Waals surface area contributed by atoms with Crippen molar-refractivity contribution in [3.63, 3.8) is 0 Å². The first-order valence-corrected chi connectivity index (χ1v) is 12.9. The van der Waals surface area contributed by atoms with Crippen LogP contribution in [-0.4, -0.2) is 95.1 Å². The number of nitrogens with one attached hydrogen (secondary N) is 1. The van der Waals surface area contributed by atoms with Crippen LogP contribution in [0.25, 0.3) is 0 Å². The van der Waals surface area contributed by atoms with Crippen LogP contribution < -0.4 is 5.32 Å². The molecule has 1 aromatic heterocycles. The molecule has 2 saturated heterocycles. The maximum Gasteiger partial charge on any atom is 0.248 e. The highest BCUT2D eigenvalue weighted by Gasteiger charge is 2.37. The van der Waals surface area contributed by atoms with E-state index in [4.69, 9.17) is 9.73 Å². The molecule has 2 atom stereocenters. The standard InChI is InChI=1S/C23H33N7OS/c1-32-23-26-22-25-21-19(16-30(22)27-23)15-29(14-18-6-3-2-4-7-18)17-20(21)24-8-5-9-28-10-12-31-13-11-28/h2-4,6-7,19-20,24H,5,8-17H2,1H3. The first-order valence-electron chi connectivity index (χ1n) is 11.7. The summed E-state index contributed by atoms with van der Waals surface area (Å²) in [6, 6.07) is 11.0. The number of thioether (sulfide) groups is 1. The average molecular weight is 456 g/mol. The van der Waals surface area contributed by atoms with Crippen molar-refractivity contribution < 1.29 is 4.74 Å². The van der Waals surface area contributed by atoms with Crippen molar-refractivity contribution in [2.45, 2.75) is 30.7 Å². The number of fused-ring (bicyclic) bond motifs is 2. The van der Waals surface area contributed by atoms with E-state index in [1.54, 1.807) is 11.8 Å². The Morgan fingerprint density at radius 2 is 1.94 bits per heavy atom. The maximum absolute atomic E-state index is 5.47. The van der Waals surface area contributed by atoms with Gasteiger partial charge in [-0.2, -0.15) is 4.98 Å². The Morgan fingerprint density at radius 1 is 1.09 bits per heavy atom. The first kappa shape index (κ1) is 22.0. The number of hydrogen-bond acceptors (Lipinski definition) is 8. The second-order valence-corrected chi connectivity index (χ2v) is 9.58. The van der Waals surface area contributed by atoms with Crippen molar-refractivity contribution in [2.24, 2.45) is 10.9 Å². The molecule has 0 aliphatic carbocycles. The molecule has 3 aliphatic rings. The molecular weight excluding hydrogens is 422 g/mol. The highest BCUT2D eigenvalue weighted by molar-refractivity contribution is 7.98. The Morgan fingerprint density at radius 3 is 2.75 bits per heavy atom. The zero-order valence-corrected chi connectivity index (χ0v) is 19.6. The lowest BCUT2D eigenvalue weighted by Crippen LogP contribution is -2.57. The largest absolute Gasteiger partial charge is 0.379 e. The van der Waals surface area contributed by atoms with Crippen molar-refractivity contribution >= 4 is 23.4 Å². The minimum absolute atomic E-state index is 0.255. The molecule has 3 aliphatic heterocycles. The van der Waals surface area contributed by atoms with Gasteiger partial charge in [0.2, 0.25) is 11.1 Å². The SMILES string of the molecule is CSc1nc2n(n1)CC1CN(Cc3ccccc3)CC(NCCCN3CCOCC3)C1=N2. The van der Waals surface area contributed by atoms with Gasteiger partial charge >= 0.3 is 0 Å². The van der Waals surface area contributed by atoms with Gasteiger partial charge in [0.1, 0.15) is 0 Å². The van der Waals surface area contributed by atoms with Gasteiger partial charge in [-0.3, -0.25) is 9.80 Å². The second kappa shape index (κ2) is 10.4. The van der Waals surface area contributed by atoms with Crippen molar-refractivity contribution in [1.29, 1.82) is 0 Å². The first-order chi connectivity index (χ1) is 15.8. The second-order valence-electron chi connectivity index (χ2n) is 8.81. The molecule has 0 saturated carbocycles. The summed E-state index contributed by atoms with van der Waals surface area (Å²) in [6.07, 6.45) is 3.15. The van der Waals surface area contributed by atoms with Gasteiger partial charge in [0.15, 0.2) is 0 Å². The van der Waals surface area contributed by atoms with Gasteiger partial charge < -0.3 is 10.1 Å². The Labute approximate surface area is 194 Å². The fraction of sp³-hybridized carbons (Fsp3) is 0.609. The summed E-state index contributed by atoms with van der Waals surface area (Å²) in [4.78, 5) is 14.7. The van der Waals surface area contributed by atoms with Crippen LogP contribution in [0.4, 0.5) is 5.95 Å². The van der Waals surface area contributed by atoms with Crippen LogP contribution in [0.1, 0.15) is 12.0 Å². The summed E-state index contributed by atoms with van der Waals surface area (Å²) in [5.41, 5.74) is 2.62. The molecule has 172 valence electrons.